The van der Waals surface area contributed by atoms with Crippen molar-refractivity contribution < 1.29 is 4.79 Å². The summed E-state index contributed by atoms with van der Waals surface area (Å²) in [6.07, 6.45) is 3.50. The standard InChI is InChI=1S/C8H10N2OS2/c11-6-1-3-7(4-2-6)13-8-10-9-5-12-8/h5,7H,1-4H2. The SMILES string of the molecule is O=C1CCC(Sc2nncs2)CC1. The van der Waals surface area contributed by atoms with E-state index in [9.17, 15) is 4.79 Å². The second-order valence-electron chi connectivity index (χ2n) is 3.06. The highest BCUT2D eigenvalue weighted by Gasteiger charge is 2.20. The minimum absolute atomic E-state index is 0.411. The largest absolute Gasteiger partial charge is 0.300 e. The Morgan fingerprint density at radius 1 is 1.46 bits per heavy atom. The number of carbonyl (C=O) groups excluding carboxylic acids is 1. The summed E-state index contributed by atoms with van der Waals surface area (Å²) < 4.78 is 1.03. The van der Waals surface area contributed by atoms with E-state index < -0.39 is 0 Å². The third-order valence-electron chi connectivity index (χ3n) is 2.10. The Bertz CT molecular complexity index is 276. The molecule has 1 aromatic heterocycles. The van der Waals surface area contributed by atoms with Crippen molar-refractivity contribution in [2.24, 2.45) is 0 Å². The van der Waals surface area contributed by atoms with Crippen molar-refractivity contribution in [3.05, 3.63) is 5.51 Å². The lowest BCUT2D eigenvalue weighted by Gasteiger charge is -2.18. The molecule has 0 aliphatic heterocycles. The summed E-state index contributed by atoms with van der Waals surface area (Å²) in [7, 11) is 0. The third kappa shape index (κ3) is 2.51. The molecule has 70 valence electrons. The molecule has 1 aliphatic carbocycles. The lowest BCUT2D eigenvalue weighted by Crippen LogP contribution is -2.15. The quantitative estimate of drug-likeness (QED) is 0.756. The van der Waals surface area contributed by atoms with Gasteiger partial charge in [0.1, 0.15) is 11.3 Å². The van der Waals surface area contributed by atoms with Crippen molar-refractivity contribution >= 4 is 28.9 Å². The van der Waals surface area contributed by atoms with Crippen LogP contribution in [0.1, 0.15) is 25.7 Å². The van der Waals surface area contributed by atoms with Gasteiger partial charge in [0.25, 0.3) is 0 Å². The van der Waals surface area contributed by atoms with Crippen molar-refractivity contribution in [3.8, 4) is 0 Å². The van der Waals surface area contributed by atoms with Gasteiger partial charge in [0.15, 0.2) is 4.34 Å². The van der Waals surface area contributed by atoms with Gasteiger partial charge in [0.2, 0.25) is 0 Å². The molecule has 0 aromatic carbocycles. The molecule has 1 fully saturated rings. The van der Waals surface area contributed by atoms with E-state index in [1.54, 1.807) is 28.6 Å². The van der Waals surface area contributed by atoms with Gasteiger partial charge in [0, 0.05) is 18.1 Å². The first kappa shape index (κ1) is 9.15. The number of aromatic nitrogens is 2. The van der Waals surface area contributed by atoms with Crippen LogP contribution in [0.25, 0.3) is 0 Å². The Kier molecular flexibility index (Phi) is 2.95. The second kappa shape index (κ2) is 4.19. The molecule has 1 saturated carbocycles. The van der Waals surface area contributed by atoms with E-state index in [0.717, 1.165) is 30.0 Å². The number of ketones is 1. The number of rotatable bonds is 2. The Labute approximate surface area is 84.9 Å². The molecule has 0 spiro atoms. The van der Waals surface area contributed by atoms with Crippen LogP contribution in [0.2, 0.25) is 0 Å². The van der Waals surface area contributed by atoms with Crippen LogP contribution in [0.4, 0.5) is 0 Å². The molecule has 0 saturated heterocycles. The van der Waals surface area contributed by atoms with E-state index in [0.29, 0.717) is 11.0 Å². The smallest absolute Gasteiger partial charge is 0.174 e. The molecule has 1 aromatic rings. The molecule has 2 rings (SSSR count). The van der Waals surface area contributed by atoms with Crippen LogP contribution >= 0.6 is 23.1 Å². The average molecular weight is 214 g/mol. The minimum Gasteiger partial charge on any atom is -0.300 e. The summed E-state index contributed by atoms with van der Waals surface area (Å²) >= 11 is 3.34. The molecule has 0 atom stereocenters. The van der Waals surface area contributed by atoms with E-state index in [2.05, 4.69) is 10.2 Å². The van der Waals surface area contributed by atoms with Gasteiger partial charge in [-0.1, -0.05) is 23.1 Å². The van der Waals surface area contributed by atoms with Crippen LogP contribution in [0.15, 0.2) is 9.85 Å². The number of thioether (sulfide) groups is 1. The fourth-order valence-corrected chi connectivity index (χ4v) is 3.28. The summed E-state index contributed by atoms with van der Waals surface area (Å²) in [4.78, 5) is 11.0. The average Bonchev–Trinajstić information content (AvgIpc) is 2.62. The van der Waals surface area contributed by atoms with Gasteiger partial charge < -0.3 is 0 Å². The lowest BCUT2D eigenvalue weighted by molar-refractivity contribution is -0.120. The fourth-order valence-electron chi connectivity index (χ4n) is 1.39. The maximum Gasteiger partial charge on any atom is 0.174 e. The first-order chi connectivity index (χ1) is 6.34. The molecule has 0 bridgehead atoms. The molecule has 5 heteroatoms. The summed E-state index contributed by atoms with van der Waals surface area (Å²) in [6, 6.07) is 0. The summed E-state index contributed by atoms with van der Waals surface area (Å²) in [5, 5.41) is 8.33. The number of nitrogens with zero attached hydrogens (tertiary/aromatic N) is 2. The minimum atomic E-state index is 0.411. The molecule has 0 unspecified atom stereocenters. The lowest BCUT2D eigenvalue weighted by atomic mass is 9.99. The van der Waals surface area contributed by atoms with E-state index >= 15 is 0 Å². The topological polar surface area (TPSA) is 42.9 Å². The van der Waals surface area contributed by atoms with Gasteiger partial charge in [-0.3, -0.25) is 4.79 Å². The maximum absolute atomic E-state index is 11.0. The molecule has 3 nitrogen and oxygen atoms in total. The Balaban J connectivity index is 1.86. The monoisotopic (exact) mass is 214 g/mol. The van der Waals surface area contributed by atoms with Gasteiger partial charge >= 0.3 is 0 Å². The molecular weight excluding hydrogens is 204 g/mol. The maximum atomic E-state index is 11.0. The second-order valence-corrected chi connectivity index (χ2v) is 5.44. The number of carbonyl (C=O) groups is 1. The summed E-state index contributed by atoms with van der Waals surface area (Å²) in [5.41, 5.74) is 1.75. The Morgan fingerprint density at radius 3 is 2.85 bits per heavy atom. The van der Waals surface area contributed by atoms with Gasteiger partial charge in [-0.15, -0.1) is 10.2 Å². The van der Waals surface area contributed by atoms with E-state index in [1.165, 1.54) is 0 Å². The van der Waals surface area contributed by atoms with Gasteiger partial charge in [0.05, 0.1) is 0 Å². The third-order valence-corrected chi connectivity index (χ3v) is 4.25. The molecule has 0 N–H and O–H groups in total. The highest BCUT2D eigenvalue weighted by Crippen LogP contribution is 2.32. The summed E-state index contributed by atoms with van der Waals surface area (Å²) in [6.45, 7) is 0. The van der Waals surface area contributed by atoms with Crippen molar-refractivity contribution in [1.82, 2.24) is 10.2 Å². The zero-order valence-corrected chi connectivity index (χ0v) is 8.74. The van der Waals surface area contributed by atoms with Crippen LogP contribution in [-0.2, 0) is 4.79 Å². The van der Waals surface area contributed by atoms with Crippen LogP contribution < -0.4 is 0 Å². The van der Waals surface area contributed by atoms with E-state index in [-0.39, 0.29) is 0 Å². The highest BCUT2D eigenvalue weighted by atomic mass is 32.2. The molecular formula is C8H10N2OS2. The number of hydrogen-bond acceptors (Lipinski definition) is 5. The van der Waals surface area contributed by atoms with Crippen LogP contribution in [0.5, 0.6) is 0 Å². The molecule has 0 radical (unpaired) electrons. The Morgan fingerprint density at radius 2 is 2.23 bits per heavy atom. The Hall–Kier alpha value is -0.420. The number of Topliss-reactive ketones (excluding diaryl/α,β-unsaturated/α-hetero) is 1. The van der Waals surface area contributed by atoms with Crippen molar-refractivity contribution in [2.75, 3.05) is 0 Å². The van der Waals surface area contributed by atoms with Crippen LogP contribution in [0, 0.1) is 0 Å². The van der Waals surface area contributed by atoms with Gasteiger partial charge in [-0.2, -0.15) is 0 Å². The van der Waals surface area contributed by atoms with Gasteiger partial charge in [-0.05, 0) is 12.8 Å². The molecule has 1 aliphatic rings. The zero-order valence-electron chi connectivity index (χ0n) is 7.10. The van der Waals surface area contributed by atoms with Gasteiger partial charge in [-0.25, -0.2) is 0 Å². The zero-order chi connectivity index (χ0) is 9.10. The molecule has 13 heavy (non-hydrogen) atoms. The fraction of sp³-hybridized carbons (Fsp3) is 0.625. The first-order valence-electron chi connectivity index (χ1n) is 4.29. The van der Waals surface area contributed by atoms with Crippen LogP contribution in [0.3, 0.4) is 0 Å². The van der Waals surface area contributed by atoms with E-state index in [1.807, 2.05) is 0 Å². The number of hydrogen-bond donors (Lipinski definition) is 0. The first-order valence-corrected chi connectivity index (χ1v) is 6.05. The highest BCUT2D eigenvalue weighted by molar-refractivity contribution is 8.01. The molecule has 0 amide bonds. The van der Waals surface area contributed by atoms with Crippen molar-refractivity contribution in [1.29, 1.82) is 0 Å². The summed E-state index contributed by atoms with van der Waals surface area (Å²) in [5.74, 6) is 0.411. The van der Waals surface area contributed by atoms with E-state index in [4.69, 9.17) is 0 Å². The molecule has 1 heterocycles. The predicted molar refractivity (Wildman–Crippen MR) is 53.0 cm³/mol. The predicted octanol–water partition coefficient (Wildman–Crippen LogP) is 2.14. The van der Waals surface area contributed by atoms with Crippen molar-refractivity contribution in [2.45, 2.75) is 35.3 Å². The van der Waals surface area contributed by atoms with Crippen molar-refractivity contribution in [3.63, 3.8) is 0 Å². The normalized spacial score (nSPS) is 19.2. The van der Waals surface area contributed by atoms with Crippen LogP contribution in [-0.4, -0.2) is 21.2 Å².